The van der Waals surface area contributed by atoms with Gasteiger partial charge in [-0.2, -0.15) is 0 Å². The Hall–Kier alpha value is -3.21. The zero-order valence-corrected chi connectivity index (χ0v) is 20.9. The summed E-state index contributed by atoms with van der Waals surface area (Å²) in [5.41, 5.74) is 0.862. The summed E-state index contributed by atoms with van der Waals surface area (Å²) in [6.45, 7) is 3.71. The third-order valence-corrected chi connectivity index (χ3v) is 6.72. The lowest BCUT2D eigenvalue weighted by atomic mass is 9.97. The molecule has 2 N–H and O–H groups in total. The van der Waals surface area contributed by atoms with E-state index in [0.29, 0.717) is 21.3 Å². The summed E-state index contributed by atoms with van der Waals surface area (Å²) < 4.78 is 32.2. The molecule has 11 heteroatoms. The number of fused-ring (bicyclic) bond motifs is 1. The lowest BCUT2D eigenvalue weighted by Gasteiger charge is -2.26. The number of nitrogens with one attached hydrogen (secondary N) is 2. The van der Waals surface area contributed by atoms with Crippen LogP contribution in [0.4, 0.5) is 11.4 Å². The highest BCUT2D eigenvalue weighted by Crippen LogP contribution is 2.32. The SMILES string of the molecule is CC(C)(Oc1ncccn1)c1cc(Cl)cc(NC(=O)c2cc3cc(NS(C)(=O)=O)ccc3s2)c1. The molecule has 4 aromatic rings. The van der Waals surface area contributed by atoms with E-state index in [9.17, 15) is 13.2 Å². The van der Waals surface area contributed by atoms with Gasteiger partial charge in [0.15, 0.2) is 0 Å². The smallest absolute Gasteiger partial charge is 0.317 e. The number of rotatable bonds is 7. The van der Waals surface area contributed by atoms with Crippen molar-refractivity contribution in [2.24, 2.45) is 0 Å². The van der Waals surface area contributed by atoms with Crippen LogP contribution in [-0.4, -0.2) is 30.5 Å². The molecule has 0 bridgehead atoms. The number of anilines is 2. The van der Waals surface area contributed by atoms with Crippen LogP contribution >= 0.6 is 22.9 Å². The maximum atomic E-state index is 13.0. The average molecular weight is 517 g/mol. The first-order valence-corrected chi connectivity index (χ1v) is 13.2. The molecule has 2 aromatic carbocycles. The number of sulfonamides is 1. The van der Waals surface area contributed by atoms with Gasteiger partial charge in [0.25, 0.3) is 5.91 Å². The van der Waals surface area contributed by atoms with Gasteiger partial charge in [0.05, 0.1) is 11.1 Å². The molecule has 0 saturated heterocycles. The van der Waals surface area contributed by atoms with E-state index in [1.165, 1.54) is 11.3 Å². The first-order chi connectivity index (χ1) is 16.0. The van der Waals surface area contributed by atoms with E-state index in [1.807, 2.05) is 13.8 Å². The third kappa shape index (κ3) is 5.82. The molecule has 1 amide bonds. The molecule has 0 aliphatic heterocycles. The van der Waals surface area contributed by atoms with E-state index >= 15 is 0 Å². The average Bonchev–Trinajstić information content (AvgIpc) is 3.16. The maximum absolute atomic E-state index is 13.0. The van der Waals surface area contributed by atoms with Crippen LogP contribution < -0.4 is 14.8 Å². The first kappa shape index (κ1) is 23.9. The standard InChI is InChI=1S/C23H21ClN4O4S2/c1-23(2,32-22-25-7-4-8-26-22)15-11-16(24)13-18(12-15)27-21(29)20-10-14-9-17(28-34(3,30)31)5-6-19(14)33-20/h4-13,28H,1-3H3,(H,27,29). The summed E-state index contributed by atoms with van der Waals surface area (Å²) in [7, 11) is -3.39. The molecule has 0 aliphatic rings. The van der Waals surface area contributed by atoms with Crippen molar-refractivity contribution in [2.45, 2.75) is 19.4 Å². The Bertz CT molecular complexity index is 1470. The second-order valence-corrected chi connectivity index (χ2v) is 11.3. The fourth-order valence-electron chi connectivity index (χ4n) is 3.26. The number of hydrogen-bond acceptors (Lipinski definition) is 7. The molecule has 0 saturated carbocycles. The van der Waals surface area contributed by atoms with Gasteiger partial charge in [-0.05, 0) is 73.3 Å². The topological polar surface area (TPSA) is 110 Å². The predicted molar refractivity (Wildman–Crippen MR) is 135 cm³/mol. The largest absolute Gasteiger partial charge is 0.453 e. The molecule has 0 atom stereocenters. The Morgan fingerprint density at radius 3 is 2.50 bits per heavy atom. The number of ether oxygens (including phenoxy) is 1. The Morgan fingerprint density at radius 2 is 1.79 bits per heavy atom. The van der Waals surface area contributed by atoms with E-state index < -0.39 is 15.6 Å². The summed E-state index contributed by atoms with van der Waals surface area (Å²) in [4.78, 5) is 21.6. The fourth-order valence-corrected chi connectivity index (χ4v) is 4.99. The van der Waals surface area contributed by atoms with Gasteiger partial charge in [-0.1, -0.05) is 11.6 Å². The Kier molecular flexibility index (Phi) is 6.48. The van der Waals surface area contributed by atoms with E-state index in [-0.39, 0.29) is 11.9 Å². The van der Waals surface area contributed by atoms with Crippen molar-refractivity contribution in [3.8, 4) is 6.01 Å². The molecule has 0 radical (unpaired) electrons. The molecule has 0 fully saturated rings. The molecule has 34 heavy (non-hydrogen) atoms. The Morgan fingerprint density at radius 1 is 1.06 bits per heavy atom. The second-order valence-electron chi connectivity index (χ2n) is 8.06. The van der Waals surface area contributed by atoms with Gasteiger partial charge in [-0.3, -0.25) is 9.52 Å². The van der Waals surface area contributed by atoms with Crippen molar-refractivity contribution in [2.75, 3.05) is 16.3 Å². The van der Waals surface area contributed by atoms with Gasteiger partial charge in [-0.15, -0.1) is 11.3 Å². The van der Waals surface area contributed by atoms with Crippen molar-refractivity contribution in [1.29, 1.82) is 0 Å². The van der Waals surface area contributed by atoms with Crippen LogP contribution in [0.3, 0.4) is 0 Å². The molecular formula is C23H21ClN4O4S2. The van der Waals surface area contributed by atoms with E-state index in [4.69, 9.17) is 16.3 Å². The minimum Gasteiger partial charge on any atom is -0.453 e. The Balaban J connectivity index is 1.56. The van der Waals surface area contributed by atoms with Crippen LogP contribution in [0.25, 0.3) is 10.1 Å². The highest BCUT2D eigenvalue weighted by atomic mass is 35.5. The van der Waals surface area contributed by atoms with Crippen molar-refractivity contribution in [1.82, 2.24) is 9.97 Å². The van der Waals surface area contributed by atoms with Crippen LogP contribution in [0.2, 0.25) is 5.02 Å². The molecule has 2 heterocycles. The molecule has 176 valence electrons. The molecule has 8 nitrogen and oxygen atoms in total. The van der Waals surface area contributed by atoms with Crippen LogP contribution in [0.5, 0.6) is 6.01 Å². The van der Waals surface area contributed by atoms with Crippen molar-refractivity contribution >= 4 is 60.3 Å². The summed E-state index contributed by atoms with van der Waals surface area (Å²) >= 11 is 7.63. The van der Waals surface area contributed by atoms with E-state index in [2.05, 4.69) is 20.0 Å². The number of carbonyl (C=O) groups excluding carboxylic acids is 1. The molecular weight excluding hydrogens is 496 g/mol. The highest BCUT2D eigenvalue weighted by molar-refractivity contribution is 7.92. The Labute approximate surface area is 206 Å². The maximum Gasteiger partial charge on any atom is 0.317 e. The second kappa shape index (κ2) is 9.21. The normalized spacial score (nSPS) is 11.9. The number of amides is 1. The number of aromatic nitrogens is 2. The summed E-state index contributed by atoms with van der Waals surface area (Å²) in [5.74, 6) is -0.308. The minimum atomic E-state index is -3.39. The van der Waals surface area contributed by atoms with Gasteiger partial charge in [0.2, 0.25) is 10.0 Å². The number of benzene rings is 2. The van der Waals surface area contributed by atoms with Crippen molar-refractivity contribution in [3.05, 3.63) is 76.4 Å². The number of carbonyl (C=O) groups is 1. The summed E-state index contributed by atoms with van der Waals surface area (Å²) in [6, 6.07) is 14.0. The van der Waals surface area contributed by atoms with Gasteiger partial charge in [-0.25, -0.2) is 18.4 Å². The number of hydrogen-bond donors (Lipinski definition) is 2. The van der Waals surface area contributed by atoms with Crippen LogP contribution in [0.15, 0.2) is 60.9 Å². The molecule has 2 aromatic heterocycles. The summed E-state index contributed by atoms with van der Waals surface area (Å²) in [6.07, 6.45) is 4.27. The quantitative estimate of drug-likeness (QED) is 0.345. The molecule has 4 rings (SSSR count). The third-order valence-electron chi connectivity index (χ3n) is 4.78. The first-order valence-electron chi connectivity index (χ1n) is 10.1. The lowest BCUT2D eigenvalue weighted by molar-refractivity contribution is 0.0950. The van der Waals surface area contributed by atoms with Crippen molar-refractivity contribution in [3.63, 3.8) is 0 Å². The monoisotopic (exact) mass is 516 g/mol. The van der Waals surface area contributed by atoms with Gasteiger partial charge in [0.1, 0.15) is 5.60 Å². The van der Waals surface area contributed by atoms with Gasteiger partial charge in [0, 0.05) is 33.5 Å². The van der Waals surface area contributed by atoms with Crippen LogP contribution in [0, 0.1) is 0 Å². The predicted octanol–water partition coefficient (Wildman–Crippen LogP) is 5.28. The minimum absolute atomic E-state index is 0.230. The van der Waals surface area contributed by atoms with Gasteiger partial charge >= 0.3 is 6.01 Å². The number of thiophene rings is 1. The zero-order valence-electron chi connectivity index (χ0n) is 18.5. The van der Waals surface area contributed by atoms with Crippen LogP contribution in [-0.2, 0) is 15.6 Å². The van der Waals surface area contributed by atoms with Crippen molar-refractivity contribution < 1.29 is 17.9 Å². The zero-order chi connectivity index (χ0) is 24.5. The van der Waals surface area contributed by atoms with E-state index in [1.54, 1.807) is 60.9 Å². The number of halogens is 1. The summed E-state index contributed by atoms with van der Waals surface area (Å²) in [5, 5.41) is 4.07. The van der Waals surface area contributed by atoms with Gasteiger partial charge < -0.3 is 10.1 Å². The lowest BCUT2D eigenvalue weighted by Crippen LogP contribution is -2.26. The fraction of sp³-hybridized carbons (Fsp3) is 0.174. The highest BCUT2D eigenvalue weighted by Gasteiger charge is 2.25. The molecule has 0 aliphatic carbocycles. The van der Waals surface area contributed by atoms with Crippen LogP contribution in [0.1, 0.15) is 29.1 Å². The van der Waals surface area contributed by atoms with E-state index in [0.717, 1.165) is 21.9 Å². The number of nitrogens with zero attached hydrogens (tertiary/aromatic N) is 2. The molecule has 0 spiro atoms. The molecule has 0 unspecified atom stereocenters.